The van der Waals surface area contributed by atoms with E-state index in [1.807, 2.05) is 30.9 Å². The van der Waals surface area contributed by atoms with Gasteiger partial charge < -0.3 is 14.7 Å². The Morgan fingerprint density at radius 2 is 1.78 bits per heavy atom. The van der Waals surface area contributed by atoms with E-state index in [1.165, 1.54) is 11.3 Å². The average molecular weight is 385 g/mol. The Hall–Kier alpha value is -2.18. The molecular weight excluding hydrogens is 362 g/mol. The van der Waals surface area contributed by atoms with E-state index in [1.54, 1.807) is 6.07 Å². The van der Waals surface area contributed by atoms with Crippen molar-refractivity contribution in [1.29, 1.82) is 0 Å². The summed E-state index contributed by atoms with van der Waals surface area (Å²) in [5, 5.41) is 9.32. The first-order chi connectivity index (χ1) is 12.9. The van der Waals surface area contributed by atoms with Gasteiger partial charge in [-0.3, -0.25) is 4.79 Å². The number of amides is 1. The second kappa shape index (κ2) is 6.77. The molecule has 1 aromatic heterocycles. The summed E-state index contributed by atoms with van der Waals surface area (Å²) in [5.41, 5.74) is 3.49. The van der Waals surface area contributed by atoms with Crippen LogP contribution >= 0.6 is 11.3 Å². The molecule has 5 nitrogen and oxygen atoms in total. The van der Waals surface area contributed by atoms with Gasteiger partial charge in [0.25, 0.3) is 5.91 Å². The number of benzene rings is 1. The highest BCUT2D eigenvalue weighted by Gasteiger charge is 2.43. The molecule has 4 rings (SSSR count). The molecule has 1 fully saturated rings. The van der Waals surface area contributed by atoms with Crippen molar-refractivity contribution in [3.8, 4) is 0 Å². The van der Waals surface area contributed by atoms with Crippen LogP contribution in [0, 0.1) is 13.8 Å². The number of ether oxygens (including phenoxy) is 1. The molecule has 1 N–H and O–H groups in total. The van der Waals surface area contributed by atoms with E-state index in [0.717, 1.165) is 33.6 Å². The predicted molar refractivity (Wildman–Crippen MR) is 104 cm³/mol. The number of aromatic carboxylic acids is 1. The summed E-state index contributed by atoms with van der Waals surface area (Å²) in [5.74, 6) is -0.823. The molecule has 0 unspecified atom stereocenters. The molecule has 27 heavy (non-hydrogen) atoms. The third-order valence-corrected chi connectivity index (χ3v) is 6.73. The molecule has 0 saturated carbocycles. The molecule has 142 valence electrons. The molecule has 0 radical (unpaired) electrons. The molecule has 2 aliphatic heterocycles. The van der Waals surface area contributed by atoms with Crippen LogP contribution in [0.25, 0.3) is 0 Å². The summed E-state index contributed by atoms with van der Waals surface area (Å²) in [6.45, 7) is 5.84. The maximum Gasteiger partial charge on any atom is 0.345 e. The lowest BCUT2D eigenvalue weighted by atomic mass is 9.82. The Kier molecular flexibility index (Phi) is 4.56. The number of thiophene rings is 1. The number of carbonyl (C=O) groups excluding carboxylic acids is 1. The van der Waals surface area contributed by atoms with Crippen LogP contribution in [-0.4, -0.2) is 41.6 Å². The standard InChI is InChI=1S/C21H23NO4S/c1-13-9-14(2)11-15(10-13)19(23)22-6-4-21(5-7-22)16-12-18(20(24)25)27-17(16)3-8-26-21/h9-12H,3-8H2,1-2H3,(H,24,25). The highest BCUT2D eigenvalue weighted by Crippen LogP contribution is 2.44. The van der Waals surface area contributed by atoms with Crippen LogP contribution < -0.4 is 0 Å². The first-order valence-corrected chi connectivity index (χ1v) is 10.1. The van der Waals surface area contributed by atoms with Crippen LogP contribution in [0.15, 0.2) is 24.3 Å². The SMILES string of the molecule is Cc1cc(C)cc(C(=O)N2CCC3(CC2)OCCc2sc(C(=O)O)cc23)c1. The van der Waals surface area contributed by atoms with Gasteiger partial charge in [-0.15, -0.1) is 11.3 Å². The molecule has 0 atom stereocenters. The van der Waals surface area contributed by atoms with E-state index in [0.29, 0.717) is 37.4 Å². The zero-order chi connectivity index (χ0) is 19.2. The fourth-order valence-corrected chi connectivity index (χ4v) is 5.36. The lowest BCUT2D eigenvalue weighted by Crippen LogP contribution is -2.48. The Morgan fingerprint density at radius 1 is 1.11 bits per heavy atom. The van der Waals surface area contributed by atoms with Gasteiger partial charge in [0.15, 0.2) is 0 Å². The van der Waals surface area contributed by atoms with Crippen LogP contribution in [0.4, 0.5) is 0 Å². The van der Waals surface area contributed by atoms with Crippen molar-refractivity contribution in [3.05, 3.63) is 56.3 Å². The minimum atomic E-state index is -0.882. The quantitative estimate of drug-likeness (QED) is 0.855. The number of aryl methyl sites for hydroxylation is 2. The van der Waals surface area contributed by atoms with Crippen LogP contribution in [0.1, 0.15) is 54.4 Å². The number of rotatable bonds is 2. The van der Waals surface area contributed by atoms with Gasteiger partial charge in [-0.1, -0.05) is 17.2 Å². The van der Waals surface area contributed by atoms with Gasteiger partial charge in [0, 0.05) is 30.0 Å². The Morgan fingerprint density at radius 3 is 2.41 bits per heavy atom. The normalized spacial score (nSPS) is 18.4. The van der Waals surface area contributed by atoms with E-state index < -0.39 is 11.6 Å². The molecule has 3 heterocycles. The van der Waals surface area contributed by atoms with E-state index in [-0.39, 0.29) is 5.91 Å². The topological polar surface area (TPSA) is 66.8 Å². The van der Waals surface area contributed by atoms with Gasteiger partial charge in [0.2, 0.25) is 0 Å². The minimum Gasteiger partial charge on any atom is -0.477 e. The summed E-state index contributed by atoms with van der Waals surface area (Å²) < 4.78 is 6.17. The average Bonchev–Trinajstić information content (AvgIpc) is 3.07. The summed E-state index contributed by atoms with van der Waals surface area (Å²) in [7, 11) is 0. The maximum absolute atomic E-state index is 12.9. The lowest BCUT2D eigenvalue weighted by molar-refractivity contribution is -0.0926. The largest absolute Gasteiger partial charge is 0.477 e. The number of piperidine rings is 1. The van der Waals surface area contributed by atoms with E-state index >= 15 is 0 Å². The molecule has 1 amide bonds. The maximum atomic E-state index is 12.9. The van der Waals surface area contributed by atoms with Gasteiger partial charge in [0.05, 0.1) is 12.2 Å². The second-order valence-corrected chi connectivity index (χ2v) is 8.65. The molecule has 0 bridgehead atoms. The van der Waals surface area contributed by atoms with Crippen LogP contribution in [0.3, 0.4) is 0 Å². The van der Waals surface area contributed by atoms with E-state index in [9.17, 15) is 14.7 Å². The second-order valence-electron chi connectivity index (χ2n) is 7.51. The predicted octanol–water partition coefficient (Wildman–Crippen LogP) is 3.77. The molecule has 2 aromatic rings. The summed E-state index contributed by atoms with van der Waals surface area (Å²) >= 11 is 1.36. The first-order valence-electron chi connectivity index (χ1n) is 9.26. The minimum absolute atomic E-state index is 0.0595. The Balaban J connectivity index is 1.54. The van der Waals surface area contributed by atoms with Gasteiger partial charge in [-0.25, -0.2) is 4.79 Å². The first kappa shape index (κ1) is 18.2. The number of carbonyl (C=O) groups is 2. The van der Waals surface area contributed by atoms with Crippen molar-refractivity contribution in [2.45, 2.75) is 38.7 Å². The van der Waals surface area contributed by atoms with Crippen LogP contribution in [-0.2, 0) is 16.8 Å². The fraction of sp³-hybridized carbons (Fsp3) is 0.429. The van der Waals surface area contributed by atoms with Crippen molar-refractivity contribution in [3.63, 3.8) is 0 Å². The number of hydrogen-bond donors (Lipinski definition) is 1. The van der Waals surface area contributed by atoms with Gasteiger partial charge in [-0.05, 0) is 50.5 Å². The number of fused-ring (bicyclic) bond motifs is 2. The fourth-order valence-electron chi connectivity index (χ4n) is 4.29. The smallest absolute Gasteiger partial charge is 0.345 e. The zero-order valence-electron chi connectivity index (χ0n) is 15.6. The summed E-state index contributed by atoms with van der Waals surface area (Å²) in [4.78, 5) is 27.7. The van der Waals surface area contributed by atoms with Crippen LogP contribution in [0.2, 0.25) is 0 Å². The van der Waals surface area contributed by atoms with Gasteiger partial charge in [-0.2, -0.15) is 0 Å². The van der Waals surface area contributed by atoms with Crippen molar-refractivity contribution in [1.82, 2.24) is 4.90 Å². The van der Waals surface area contributed by atoms with Crippen LogP contribution in [0.5, 0.6) is 0 Å². The molecule has 1 saturated heterocycles. The van der Waals surface area contributed by atoms with Gasteiger partial charge >= 0.3 is 5.97 Å². The van der Waals surface area contributed by atoms with E-state index in [2.05, 4.69) is 6.07 Å². The molecule has 6 heteroatoms. The molecule has 0 aliphatic carbocycles. The lowest BCUT2D eigenvalue weighted by Gasteiger charge is -2.44. The number of carboxylic acid groups (broad SMARTS) is 1. The molecule has 2 aliphatic rings. The van der Waals surface area contributed by atoms with E-state index in [4.69, 9.17) is 4.74 Å². The third kappa shape index (κ3) is 3.28. The highest BCUT2D eigenvalue weighted by atomic mass is 32.1. The monoisotopic (exact) mass is 385 g/mol. The van der Waals surface area contributed by atoms with Crippen molar-refractivity contribution >= 4 is 23.2 Å². The van der Waals surface area contributed by atoms with Crippen molar-refractivity contribution in [2.75, 3.05) is 19.7 Å². The zero-order valence-corrected chi connectivity index (χ0v) is 16.4. The number of hydrogen-bond acceptors (Lipinski definition) is 4. The molecule has 1 spiro atoms. The van der Waals surface area contributed by atoms with Crippen molar-refractivity contribution < 1.29 is 19.4 Å². The Labute approximate surface area is 162 Å². The molecular formula is C21H23NO4S. The number of likely N-dealkylation sites (tertiary alicyclic amines) is 1. The summed E-state index contributed by atoms with van der Waals surface area (Å²) in [6, 6.07) is 7.72. The number of carboxylic acids is 1. The number of nitrogens with zero attached hydrogens (tertiary/aromatic N) is 1. The van der Waals surface area contributed by atoms with Gasteiger partial charge in [0.1, 0.15) is 4.88 Å². The van der Waals surface area contributed by atoms with Crippen molar-refractivity contribution in [2.24, 2.45) is 0 Å². The Bertz CT molecular complexity index is 889. The molecule has 1 aromatic carbocycles. The highest BCUT2D eigenvalue weighted by molar-refractivity contribution is 7.14. The summed E-state index contributed by atoms with van der Waals surface area (Å²) in [6.07, 6.45) is 2.17. The third-order valence-electron chi connectivity index (χ3n) is 5.55.